The Balaban J connectivity index is 2.08. The largest absolute Gasteiger partial charge is 0.258 e. The van der Waals surface area contributed by atoms with Gasteiger partial charge in [-0.2, -0.15) is 5.10 Å². The molecule has 1 aliphatic rings. The van der Waals surface area contributed by atoms with Gasteiger partial charge in [-0.25, -0.2) is 4.68 Å². The first-order valence-electron chi connectivity index (χ1n) is 8.21. The summed E-state index contributed by atoms with van der Waals surface area (Å²) in [6.07, 6.45) is 4.72. The second kappa shape index (κ2) is 7.45. The van der Waals surface area contributed by atoms with Crippen LogP contribution in [0.1, 0.15) is 39.5 Å². The first kappa shape index (κ1) is 16.5. The summed E-state index contributed by atoms with van der Waals surface area (Å²) >= 11 is 7.80. The molecular formula is C18H22ClN3S. The van der Waals surface area contributed by atoms with Gasteiger partial charge in [-0.1, -0.05) is 30.7 Å². The van der Waals surface area contributed by atoms with Crippen molar-refractivity contribution in [1.82, 2.24) is 4.68 Å². The summed E-state index contributed by atoms with van der Waals surface area (Å²) in [6.45, 7) is 5.12. The Bertz CT molecular complexity index is 773. The maximum absolute atomic E-state index is 6.16. The number of aromatic nitrogens is 1. The molecule has 0 radical (unpaired) electrons. The summed E-state index contributed by atoms with van der Waals surface area (Å²) in [4.78, 5) is 5.55. The minimum atomic E-state index is 0.725. The monoisotopic (exact) mass is 347 g/mol. The fourth-order valence-electron chi connectivity index (χ4n) is 2.98. The molecule has 1 fully saturated rings. The van der Waals surface area contributed by atoms with Crippen LogP contribution in [0.25, 0.3) is 11.3 Å². The van der Waals surface area contributed by atoms with Crippen molar-refractivity contribution in [3.63, 3.8) is 0 Å². The number of thiazole rings is 1. The van der Waals surface area contributed by atoms with Gasteiger partial charge in [0.15, 0.2) is 0 Å². The molecule has 0 saturated heterocycles. The van der Waals surface area contributed by atoms with E-state index < -0.39 is 0 Å². The first-order valence-corrected chi connectivity index (χ1v) is 9.47. The van der Waals surface area contributed by atoms with Crippen molar-refractivity contribution >= 4 is 28.6 Å². The van der Waals surface area contributed by atoms with E-state index in [-0.39, 0.29) is 0 Å². The number of hydrogen-bond donors (Lipinski definition) is 0. The van der Waals surface area contributed by atoms with E-state index in [1.54, 1.807) is 11.3 Å². The topological polar surface area (TPSA) is 29.6 Å². The highest BCUT2D eigenvalue weighted by atomic mass is 35.5. The van der Waals surface area contributed by atoms with Crippen molar-refractivity contribution in [3.05, 3.63) is 39.5 Å². The highest BCUT2D eigenvalue weighted by molar-refractivity contribution is 7.07. The molecule has 1 aromatic carbocycles. The van der Waals surface area contributed by atoms with Crippen LogP contribution in [0.4, 0.5) is 0 Å². The van der Waals surface area contributed by atoms with Gasteiger partial charge in [0.25, 0.3) is 0 Å². The fourth-order valence-corrected chi connectivity index (χ4v) is 4.06. The molecule has 0 N–H and O–H groups in total. The summed E-state index contributed by atoms with van der Waals surface area (Å²) in [6, 6.07) is 7.93. The Morgan fingerprint density at radius 2 is 2.26 bits per heavy atom. The SMILES string of the molecule is CCN=c1scc(-c2cccc(Cl)c2)n1N=C1CCCC(C)C1. The molecule has 1 aromatic heterocycles. The normalized spacial score (nSPS) is 21.1. The van der Waals surface area contributed by atoms with E-state index in [1.807, 2.05) is 22.9 Å². The average molecular weight is 348 g/mol. The van der Waals surface area contributed by atoms with Gasteiger partial charge in [-0.3, -0.25) is 4.99 Å². The minimum Gasteiger partial charge on any atom is -0.258 e. The molecule has 0 aliphatic heterocycles. The molecule has 1 heterocycles. The van der Waals surface area contributed by atoms with Gasteiger partial charge in [-0.15, -0.1) is 11.3 Å². The number of halogens is 1. The molecule has 1 saturated carbocycles. The van der Waals surface area contributed by atoms with Crippen molar-refractivity contribution < 1.29 is 0 Å². The predicted molar refractivity (Wildman–Crippen MR) is 99.3 cm³/mol. The smallest absolute Gasteiger partial charge is 0.206 e. The Morgan fingerprint density at radius 1 is 1.39 bits per heavy atom. The number of benzene rings is 1. The van der Waals surface area contributed by atoms with Crippen LogP contribution >= 0.6 is 22.9 Å². The van der Waals surface area contributed by atoms with E-state index in [1.165, 1.54) is 18.6 Å². The molecule has 0 bridgehead atoms. The highest BCUT2D eigenvalue weighted by Gasteiger charge is 2.16. The maximum Gasteiger partial charge on any atom is 0.206 e. The molecule has 122 valence electrons. The Morgan fingerprint density at radius 3 is 3.00 bits per heavy atom. The zero-order chi connectivity index (χ0) is 16.2. The van der Waals surface area contributed by atoms with Crippen LogP contribution in [0.15, 0.2) is 39.7 Å². The maximum atomic E-state index is 6.16. The fraction of sp³-hybridized carbons (Fsp3) is 0.444. The van der Waals surface area contributed by atoms with Crippen molar-refractivity contribution in [2.24, 2.45) is 16.0 Å². The third kappa shape index (κ3) is 3.93. The standard InChI is InChI=1S/C18H22ClN3S/c1-3-20-18-22(21-16-9-4-6-13(2)10-16)17(12-23-18)14-7-5-8-15(19)11-14/h5,7-8,11-13H,3-4,6,9-10H2,1-2H3. The van der Waals surface area contributed by atoms with Gasteiger partial charge in [0, 0.05) is 28.2 Å². The van der Waals surface area contributed by atoms with E-state index in [0.717, 1.165) is 46.4 Å². The van der Waals surface area contributed by atoms with E-state index in [0.29, 0.717) is 0 Å². The van der Waals surface area contributed by atoms with Crippen LogP contribution in [-0.4, -0.2) is 16.9 Å². The van der Waals surface area contributed by atoms with E-state index in [2.05, 4.69) is 30.3 Å². The van der Waals surface area contributed by atoms with Crippen LogP contribution in [0.3, 0.4) is 0 Å². The number of rotatable bonds is 3. The predicted octanol–water partition coefficient (Wildman–Crippen LogP) is 5.20. The highest BCUT2D eigenvalue weighted by Crippen LogP contribution is 2.25. The van der Waals surface area contributed by atoms with Gasteiger partial charge < -0.3 is 0 Å². The molecule has 3 rings (SSSR count). The lowest BCUT2D eigenvalue weighted by Gasteiger charge is -2.19. The summed E-state index contributed by atoms with van der Waals surface area (Å²) in [5.74, 6) is 0.725. The van der Waals surface area contributed by atoms with E-state index in [9.17, 15) is 0 Å². The summed E-state index contributed by atoms with van der Waals surface area (Å²) in [5, 5.41) is 7.83. The molecule has 0 spiro atoms. The molecule has 23 heavy (non-hydrogen) atoms. The molecule has 3 nitrogen and oxygen atoms in total. The Hall–Kier alpha value is -1.39. The van der Waals surface area contributed by atoms with Crippen LogP contribution < -0.4 is 4.80 Å². The number of hydrogen-bond acceptors (Lipinski definition) is 3. The molecule has 1 atom stereocenters. The molecule has 5 heteroatoms. The minimum absolute atomic E-state index is 0.725. The lowest BCUT2D eigenvalue weighted by Crippen LogP contribution is -2.18. The third-order valence-corrected chi connectivity index (χ3v) is 5.18. The molecule has 0 amide bonds. The summed E-state index contributed by atoms with van der Waals surface area (Å²) < 4.78 is 2.01. The van der Waals surface area contributed by atoms with Crippen molar-refractivity contribution in [1.29, 1.82) is 0 Å². The van der Waals surface area contributed by atoms with Crippen LogP contribution in [0.5, 0.6) is 0 Å². The summed E-state index contributed by atoms with van der Waals surface area (Å²) in [7, 11) is 0. The molecule has 2 aromatic rings. The van der Waals surface area contributed by atoms with Gasteiger partial charge in [0.05, 0.1) is 5.69 Å². The van der Waals surface area contributed by atoms with E-state index >= 15 is 0 Å². The number of nitrogens with zero attached hydrogens (tertiary/aromatic N) is 3. The van der Waals surface area contributed by atoms with Crippen molar-refractivity contribution in [2.75, 3.05) is 6.54 Å². The molecule has 1 unspecified atom stereocenters. The average Bonchev–Trinajstić information content (AvgIpc) is 2.91. The van der Waals surface area contributed by atoms with Gasteiger partial charge >= 0.3 is 0 Å². The van der Waals surface area contributed by atoms with Crippen LogP contribution in [-0.2, 0) is 0 Å². The molecule has 1 aliphatic carbocycles. The van der Waals surface area contributed by atoms with Crippen LogP contribution in [0, 0.1) is 5.92 Å². The zero-order valence-electron chi connectivity index (χ0n) is 13.6. The second-order valence-electron chi connectivity index (χ2n) is 6.07. The lowest BCUT2D eigenvalue weighted by atomic mass is 9.89. The quantitative estimate of drug-likeness (QED) is 0.730. The third-order valence-electron chi connectivity index (χ3n) is 4.09. The second-order valence-corrected chi connectivity index (χ2v) is 7.34. The zero-order valence-corrected chi connectivity index (χ0v) is 15.2. The Kier molecular flexibility index (Phi) is 5.34. The van der Waals surface area contributed by atoms with Gasteiger partial charge in [0.1, 0.15) is 0 Å². The van der Waals surface area contributed by atoms with Gasteiger partial charge in [0.2, 0.25) is 4.80 Å². The van der Waals surface area contributed by atoms with Crippen LogP contribution in [0.2, 0.25) is 5.02 Å². The van der Waals surface area contributed by atoms with Crippen molar-refractivity contribution in [2.45, 2.75) is 39.5 Å². The summed E-state index contributed by atoms with van der Waals surface area (Å²) in [5.41, 5.74) is 3.43. The lowest BCUT2D eigenvalue weighted by molar-refractivity contribution is 0.497. The van der Waals surface area contributed by atoms with Gasteiger partial charge in [-0.05, 0) is 50.7 Å². The Labute approximate surface area is 146 Å². The molecular weight excluding hydrogens is 326 g/mol. The first-order chi connectivity index (χ1) is 11.2. The van der Waals surface area contributed by atoms with E-state index in [4.69, 9.17) is 16.7 Å². The van der Waals surface area contributed by atoms with Crippen molar-refractivity contribution in [3.8, 4) is 11.3 Å².